The molecule has 3 heterocycles. The van der Waals surface area contributed by atoms with E-state index in [0.29, 0.717) is 32.7 Å². The Morgan fingerprint density at radius 2 is 1.89 bits per heavy atom. The second-order valence-corrected chi connectivity index (χ2v) is 10.9. The first-order valence-corrected chi connectivity index (χ1v) is 13.7. The number of fused-ring (bicyclic) bond motifs is 3. The molecule has 186 valence electrons. The summed E-state index contributed by atoms with van der Waals surface area (Å²) in [4.78, 5) is 20.0. The Balaban J connectivity index is 1.07. The number of ether oxygens (including phenoxy) is 1. The lowest BCUT2D eigenvalue weighted by atomic mass is 9.98. The number of rotatable bonds is 6. The van der Waals surface area contributed by atoms with Crippen LogP contribution in [0.5, 0.6) is 5.75 Å². The van der Waals surface area contributed by atoms with Crippen LogP contribution in [0.4, 0.5) is 0 Å². The van der Waals surface area contributed by atoms with Crippen LogP contribution in [0.25, 0.3) is 11.1 Å². The van der Waals surface area contributed by atoms with Crippen molar-refractivity contribution in [2.45, 2.75) is 54.8 Å². The standard InChI is InChI=1S/C29H24ClN3O3S/c30-21-8-11-26-27(13-21)36-29(32-26)37-17-18-4-6-20(7-5-18)28(34)33-22-9-10-23(33)15-25(14-22)35-24-3-1-2-19(12-24)16-31/h1-8,11-13,22-23,25H,9-10,14-15,17H2. The van der Waals surface area contributed by atoms with E-state index in [0.717, 1.165) is 42.5 Å². The lowest BCUT2D eigenvalue weighted by molar-refractivity contribution is 0.0359. The van der Waals surface area contributed by atoms with Crippen molar-refractivity contribution < 1.29 is 13.9 Å². The molecule has 2 aliphatic heterocycles. The van der Waals surface area contributed by atoms with E-state index in [9.17, 15) is 4.79 Å². The molecular formula is C29H24ClN3O3S. The molecule has 2 fully saturated rings. The fraction of sp³-hybridized carbons (Fsp3) is 0.276. The Bertz CT molecular complexity index is 1480. The maximum atomic E-state index is 13.4. The van der Waals surface area contributed by atoms with Crippen LogP contribution in [0.2, 0.25) is 5.02 Å². The summed E-state index contributed by atoms with van der Waals surface area (Å²) in [5.41, 5.74) is 3.86. The number of thioether (sulfide) groups is 1. The number of carbonyl (C=O) groups is 1. The van der Waals surface area contributed by atoms with Gasteiger partial charge in [0.05, 0.1) is 11.6 Å². The number of halogens is 1. The second-order valence-electron chi connectivity index (χ2n) is 9.53. The molecule has 2 atom stereocenters. The van der Waals surface area contributed by atoms with Gasteiger partial charge in [0.2, 0.25) is 0 Å². The van der Waals surface area contributed by atoms with Gasteiger partial charge < -0.3 is 14.1 Å². The van der Waals surface area contributed by atoms with Crippen LogP contribution in [-0.2, 0) is 5.75 Å². The highest BCUT2D eigenvalue weighted by molar-refractivity contribution is 7.98. The van der Waals surface area contributed by atoms with E-state index in [1.807, 2.05) is 42.5 Å². The molecule has 1 aromatic heterocycles. The van der Waals surface area contributed by atoms with E-state index in [-0.39, 0.29) is 24.1 Å². The molecule has 4 aromatic rings. The fourth-order valence-corrected chi connectivity index (χ4v) is 6.32. The van der Waals surface area contributed by atoms with Crippen molar-refractivity contribution in [1.82, 2.24) is 9.88 Å². The van der Waals surface area contributed by atoms with Crippen molar-refractivity contribution in [2.75, 3.05) is 0 Å². The second kappa shape index (κ2) is 10.1. The molecule has 0 radical (unpaired) electrons. The SMILES string of the molecule is N#Cc1cccc(OC2CC3CCC(C2)N3C(=O)c2ccc(CSc3nc4ccc(Cl)cc4o3)cc2)c1. The Morgan fingerprint density at radius 1 is 1.11 bits per heavy atom. The van der Waals surface area contributed by atoms with Gasteiger partial charge in [-0.1, -0.05) is 41.6 Å². The predicted molar refractivity (Wildman–Crippen MR) is 143 cm³/mol. The zero-order chi connectivity index (χ0) is 25.4. The summed E-state index contributed by atoms with van der Waals surface area (Å²) in [6.07, 6.45) is 3.67. The lowest BCUT2D eigenvalue weighted by Crippen LogP contribution is -2.49. The molecule has 0 aliphatic carbocycles. The van der Waals surface area contributed by atoms with Gasteiger partial charge in [0.25, 0.3) is 11.1 Å². The summed E-state index contributed by atoms with van der Waals surface area (Å²) in [5, 5.41) is 10.4. The number of carbonyl (C=O) groups excluding carboxylic acids is 1. The molecule has 1 amide bonds. The summed E-state index contributed by atoms with van der Waals surface area (Å²) >= 11 is 7.54. The van der Waals surface area contributed by atoms with Gasteiger partial charge >= 0.3 is 0 Å². The van der Waals surface area contributed by atoms with Crippen LogP contribution in [0.1, 0.15) is 47.2 Å². The first-order chi connectivity index (χ1) is 18.1. The molecule has 6 rings (SSSR count). The quantitative estimate of drug-likeness (QED) is 0.254. The molecular weight excluding hydrogens is 506 g/mol. The van der Waals surface area contributed by atoms with Crippen LogP contribution >= 0.6 is 23.4 Å². The van der Waals surface area contributed by atoms with Gasteiger partial charge in [-0.15, -0.1) is 0 Å². The molecule has 2 bridgehead atoms. The average Bonchev–Trinajstić information content (AvgIpc) is 3.44. The van der Waals surface area contributed by atoms with Crippen molar-refractivity contribution in [3.63, 3.8) is 0 Å². The topological polar surface area (TPSA) is 79.4 Å². The lowest BCUT2D eigenvalue weighted by Gasteiger charge is -2.39. The third-order valence-electron chi connectivity index (χ3n) is 7.08. The first kappa shape index (κ1) is 23.9. The van der Waals surface area contributed by atoms with Crippen molar-refractivity contribution in [1.29, 1.82) is 5.26 Å². The van der Waals surface area contributed by atoms with Gasteiger partial charge in [0.15, 0.2) is 5.58 Å². The van der Waals surface area contributed by atoms with Crippen LogP contribution in [0, 0.1) is 11.3 Å². The van der Waals surface area contributed by atoms with Gasteiger partial charge in [-0.05, 0) is 60.9 Å². The molecule has 8 heteroatoms. The number of nitrogens with zero attached hydrogens (tertiary/aromatic N) is 3. The predicted octanol–water partition coefficient (Wildman–Crippen LogP) is 6.86. The Labute approximate surface area is 224 Å². The summed E-state index contributed by atoms with van der Waals surface area (Å²) < 4.78 is 12.0. The van der Waals surface area contributed by atoms with Crippen LogP contribution < -0.4 is 4.74 Å². The van der Waals surface area contributed by atoms with Gasteiger partial charge in [-0.25, -0.2) is 4.98 Å². The Kier molecular flexibility index (Phi) is 6.54. The third kappa shape index (κ3) is 5.04. The van der Waals surface area contributed by atoms with E-state index < -0.39 is 0 Å². The molecule has 0 saturated carbocycles. The fourth-order valence-electron chi connectivity index (χ4n) is 5.36. The van der Waals surface area contributed by atoms with Crippen molar-refractivity contribution in [3.8, 4) is 11.8 Å². The molecule has 6 nitrogen and oxygen atoms in total. The number of hydrogen-bond acceptors (Lipinski definition) is 6. The number of piperidine rings is 1. The summed E-state index contributed by atoms with van der Waals surface area (Å²) in [7, 11) is 0. The molecule has 3 aromatic carbocycles. The van der Waals surface area contributed by atoms with Crippen molar-refractivity contribution in [2.24, 2.45) is 0 Å². The van der Waals surface area contributed by atoms with E-state index in [1.165, 1.54) is 11.8 Å². The first-order valence-electron chi connectivity index (χ1n) is 12.3. The smallest absolute Gasteiger partial charge is 0.257 e. The minimum Gasteiger partial charge on any atom is -0.490 e. The number of oxazole rings is 1. The monoisotopic (exact) mass is 529 g/mol. The summed E-state index contributed by atoms with van der Waals surface area (Å²) in [5.74, 6) is 1.50. The zero-order valence-electron chi connectivity index (χ0n) is 20.0. The molecule has 2 saturated heterocycles. The minimum atomic E-state index is 0.0535. The Hall–Kier alpha value is -3.47. The largest absolute Gasteiger partial charge is 0.490 e. The van der Waals surface area contributed by atoms with Crippen LogP contribution in [0.3, 0.4) is 0 Å². The molecule has 37 heavy (non-hydrogen) atoms. The number of nitriles is 1. The van der Waals surface area contributed by atoms with Crippen molar-refractivity contribution >= 4 is 40.4 Å². The van der Waals surface area contributed by atoms with E-state index >= 15 is 0 Å². The highest BCUT2D eigenvalue weighted by Crippen LogP contribution is 2.38. The number of aromatic nitrogens is 1. The molecule has 2 unspecified atom stereocenters. The molecule has 2 aliphatic rings. The van der Waals surface area contributed by atoms with E-state index in [1.54, 1.807) is 24.3 Å². The van der Waals surface area contributed by atoms with Gasteiger partial charge in [0, 0.05) is 47.3 Å². The highest BCUT2D eigenvalue weighted by atomic mass is 35.5. The van der Waals surface area contributed by atoms with Gasteiger partial charge in [0.1, 0.15) is 17.4 Å². The van der Waals surface area contributed by atoms with Crippen LogP contribution in [-0.4, -0.2) is 34.0 Å². The minimum absolute atomic E-state index is 0.0535. The van der Waals surface area contributed by atoms with E-state index in [4.69, 9.17) is 26.0 Å². The maximum absolute atomic E-state index is 13.4. The van der Waals surface area contributed by atoms with Gasteiger partial charge in [-0.3, -0.25) is 4.79 Å². The number of hydrogen-bond donors (Lipinski definition) is 0. The summed E-state index contributed by atoms with van der Waals surface area (Å²) in [6, 6.07) is 23.0. The Morgan fingerprint density at radius 3 is 2.65 bits per heavy atom. The molecule has 0 spiro atoms. The highest BCUT2D eigenvalue weighted by Gasteiger charge is 2.44. The average molecular weight is 530 g/mol. The van der Waals surface area contributed by atoms with Crippen LogP contribution in [0.15, 0.2) is 76.4 Å². The zero-order valence-corrected chi connectivity index (χ0v) is 21.5. The number of benzene rings is 3. The van der Waals surface area contributed by atoms with E-state index in [2.05, 4.69) is 16.0 Å². The normalized spacial score (nSPS) is 20.6. The molecule has 0 N–H and O–H groups in total. The van der Waals surface area contributed by atoms with Crippen molar-refractivity contribution in [3.05, 3.63) is 88.4 Å². The summed E-state index contributed by atoms with van der Waals surface area (Å²) in [6.45, 7) is 0. The van der Waals surface area contributed by atoms with Gasteiger partial charge in [-0.2, -0.15) is 5.26 Å². The maximum Gasteiger partial charge on any atom is 0.257 e. The number of amides is 1. The third-order valence-corrected chi connectivity index (χ3v) is 8.22.